The molecule has 3 saturated heterocycles. The van der Waals surface area contributed by atoms with Crippen LogP contribution in [0.15, 0.2) is 29.3 Å². The number of hydrogen-bond donors (Lipinski definition) is 1. The molecule has 49 heavy (non-hydrogen) atoms. The Kier molecular flexibility index (Phi) is 7.45. The molecular formula is C34H36F3N7O4S. The first-order chi connectivity index (χ1) is 23.3. The molecule has 15 heteroatoms. The second-order valence-corrected chi connectivity index (χ2v) is 15.2. The van der Waals surface area contributed by atoms with Gasteiger partial charge < -0.3 is 14.4 Å². The molecule has 3 aliphatic heterocycles. The van der Waals surface area contributed by atoms with Crippen LogP contribution in [0, 0.1) is 6.92 Å². The third kappa shape index (κ3) is 5.41. The number of rotatable bonds is 3. The van der Waals surface area contributed by atoms with E-state index in [9.17, 15) is 22.8 Å². The number of H-pyrrole nitrogens is 1. The van der Waals surface area contributed by atoms with Gasteiger partial charge >= 0.3 is 18.0 Å². The van der Waals surface area contributed by atoms with Crippen molar-refractivity contribution in [1.29, 1.82) is 0 Å². The summed E-state index contributed by atoms with van der Waals surface area (Å²) in [5.74, 6) is 0.534. The third-order valence-corrected chi connectivity index (χ3v) is 10.8. The van der Waals surface area contributed by atoms with E-state index in [1.807, 2.05) is 25.7 Å². The van der Waals surface area contributed by atoms with Crippen LogP contribution in [0.25, 0.3) is 42.5 Å². The molecule has 5 aromatic rings. The van der Waals surface area contributed by atoms with Crippen LogP contribution in [0.3, 0.4) is 0 Å². The average molecular weight is 696 g/mol. The fraction of sp³-hybridized carbons (Fsp3) is 0.500. The third-order valence-electron chi connectivity index (χ3n) is 9.70. The molecule has 0 aliphatic carbocycles. The molecule has 0 radical (unpaired) electrons. The van der Waals surface area contributed by atoms with Gasteiger partial charge in [0.05, 0.1) is 45.1 Å². The highest BCUT2D eigenvalue weighted by Gasteiger charge is 2.45. The number of carbonyl (C=O) groups is 1. The number of piperazine rings is 1. The van der Waals surface area contributed by atoms with Gasteiger partial charge in [-0.1, -0.05) is 0 Å². The van der Waals surface area contributed by atoms with Crippen LogP contribution >= 0.6 is 11.3 Å². The summed E-state index contributed by atoms with van der Waals surface area (Å²) < 4.78 is 58.6. The van der Waals surface area contributed by atoms with E-state index >= 15 is 0 Å². The molecule has 1 aromatic carbocycles. The number of carbonyl (C=O) groups excluding carboxylic acids is 1. The number of hydrogen-bond acceptors (Lipinski definition) is 9. The van der Waals surface area contributed by atoms with Gasteiger partial charge in [-0.15, -0.1) is 11.3 Å². The van der Waals surface area contributed by atoms with E-state index < -0.39 is 23.0 Å². The zero-order valence-electron chi connectivity index (χ0n) is 27.6. The summed E-state index contributed by atoms with van der Waals surface area (Å²) in [5, 5.41) is 6.13. The number of nitrogens with zero attached hydrogens (tertiary/aromatic N) is 6. The van der Waals surface area contributed by atoms with Crippen molar-refractivity contribution in [3.8, 4) is 11.3 Å². The van der Waals surface area contributed by atoms with Crippen LogP contribution in [-0.2, 0) is 15.7 Å². The lowest BCUT2D eigenvalue weighted by Gasteiger charge is -2.42. The first-order valence-electron chi connectivity index (χ1n) is 16.6. The second kappa shape index (κ2) is 11.4. The van der Waals surface area contributed by atoms with Crippen LogP contribution in [0.2, 0.25) is 0 Å². The summed E-state index contributed by atoms with van der Waals surface area (Å²) in [7, 11) is 0. The predicted molar refractivity (Wildman–Crippen MR) is 180 cm³/mol. The number of nitrogens with one attached hydrogen (secondary N) is 1. The fourth-order valence-electron chi connectivity index (χ4n) is 7.79. The molecule has 3 atom stereocenters. The lowest BCUT2D eigenvalue weighted by molar-refractivity contribution is -0.137. The number of alkyl halides is 3. The Labute approximate surface area is 283 Å². The Balaban J connectivity index is 1.28. The molecule has 1 amide bonds. The van der Waals surface area contributed by atoms with E-state index in [-0.39, 0.29) is 41.2 Å². The van der Waals surface area contributed by atoms with Crippen LogP contribution in [0.1, 0.15) is 70.2 Å². The molecule has 8 rings (SSSR count). The minimum absolute atomic E-state index is 0.0554. The van der Waals surface area contributed by atoms with Crippen molar-refractivity contribution in [3.63, 3.8) is 0 Å². The summed E-state index contributed by atoms with van der Waals surface area (Å²) >= 11 is 1.15. The van der Waals surface area contributed by atoms with Crippen molar-refractivity contribution in [3.05, 3.63) is 46.1 Å². The van der Waals surface area contributed by atoms with Gasteiger partial charge in [-0.2, -0.15) is 23.3 Å². The minimum atomic E-state index is -4.68. The van der Waals surface area contributed by atoms with Crippen molar-refractivity contribution in [2.24, 2.45) is 0 Å². The molecule has 2 bridgehead atoms. The Hall–Kier alpha value is -4.24. The van der Waals surface area contributed by atoms with Gasteiger partial charge in [-0.3, -0.25) is 14.9 Å². The first kappa shape index (κ1) is 32.0. The molecule has 258 valence electrons. The van der Waals surface area contributed by atoms with Crippen molar-refractivity contribution >= 4 is 54.5 Å². The quantitative estimate of drug-likeness (QED) is 0.211. The first-order valence-corrected chi connectivity index (χ1v) is 17.4. The largest absolute Gasteiger partial charge is 0.444 e. The Morgan fingerprint density at radius 2 is 1.86 bits per heavy atom. The summed E-state index contributed by atoms with van der Waals surface area (Å²) in [4.78, 5) is 42.1. The highest BCUT2D eigenvalue weighted by molar-refractivity contribution is 7.26. The number of aromatic amines is 1. The zero-order valence-corrected chi connectivity index (χ0v) is 28.4. The summed E-state index contributed by atoms with van der Waals surface area (Å²) in [5.41, 5.74) is -1.28. The number of pyridine rings is 1. The Bertz CT molecular complexity index is 2170. The lowest BCUT2D eigenvalue weighted by atomic mass is 9.94. The smallest absolute Gasteiger partial charge is 0.417 e. The number of amides is 1. The van der Waals surface area contributed by atoms with Gasteiger partial charge in [-0.05, 0) is 77.5 Å². The number of fused-ring (bicyclic) bond motifs is 6. The number of thiophene rings is 1. The highest BCUT2D eigenvalue weighted by atomic mass is 32.1. The summed E-state index contributed by atoms with van der Waals surface area (Å²) in [6.07, 6.45) is 1.74. The maximum atomic E-state index is 14.9. The molecule has 3 aliphatic rings. The number of ether oxygens (including phenoxy) is 2. The molecule has 3 fully saturated rings. The maximum Gasteiger partial charge on any atom is 0.417 e. The Morgan fingerprint density at radius 1 is 1.10 bits per heavy atom. The molecule has 1 N–H and O–H groups in total. The van der Waals surface area contributed by atoms with Crippen molar-refractivity contribution in [1.82, 2.24) is 29.6 Å². The summed E-state index contributed by atoms with van der Waals surface area (Å²) in [6.45, 7) is 8.44. The number of aromatic nitrogens is 5. The van der Waals surface area contributed by atoms with Crippen LogP contribution in [0.4, 0.5) is 23.8 Å². The number of halogens is 3. The number of anilines is 1. The topological polar surface area (TPSA) is 118 Å². The van der Waals surface area contributed by atoms with Gasteiger partial charge in [0.1, 0.15) is 16.2 Å². The van der Waals surface area contributed by atoms with E-state index in [1.54, 1.807) is 10.7 Å². The normalized spacial score (nSPS) is 21.7. The fourth-order valence-corrected chi connectivity index (χ4v) is 8.95. The van der Waals surface area contributed by atoms with Crippen molar-refractivity contribution in [2.45, 2.75) is 89.9 Å². The molecule has 1 unspecified atom stereocenters. The molecular weight excluding hydrogens is 659 g/mol. The molecule has 4 aromatic heterocycles. The van der Waals surface area contributed by atoms with Crippen LogP contribution in [0.5, 0.6) is 0 Å². The van der Waals surface area contributed by atoms with Crippen LogP contribution in [-0.4, -0.2) is 73.1 Å². The number of benzene rings is 1. The van der Waals surface area contributed by atoms with E-state index in [2.05, 4.69) is 25.0 Å². The highest BCUT2D eigenvalue weighted by Crippen LogP contribution is 2.48. The van der Waals surface area contributed by atoms with Gasteiger partial charge in [-0.25, -0.2) is 14.3 Å². The lowest BCUT2D eigenvalue weighted by Crippen LogP contribution is -2.57. The average Bonchev–Trinajstić information content (AvgIpc) is 3.70. The standard InChI is InChI=1S/C34H36F3N7O4S/c1-17-13-22-21(14-39-44(22)23-7-5-6-12-47-23)24(26(17)34(35,36)37)27-28-20(10-11-38-27)25-29(40-31(45)41-30(25)49-28)42-15-18-8-9-19(16-42)43(18)32(46)48-33(2,3)4/h10-11,13-14,18-19,23H,5-9,12,15-16H2,1-4H3,(H,40,41,45)/t18-,19+,23?. The predicted octanol–water partition coefficient (Wildman–Crippen LogP) is 7.16. The monoisotopic (exact) mass is 695 g/mol. The van der Waals surface area contributed by atoms with E-state index in [1.165, 1.54) is 25.4 Å². The zero-order chi connectivity index (χ0) is 34.4. The van der Waals surface area contributed by atoms with E-state index in [0.717, 1.165) is 37.0 Å². The summed E-state index contributed by atoms with van der Waals surface area (Å²) in [6, 6.07) is 3.04. The molecule has 7 heterocycles. The van der Waals surface area contributed by atoms with Gasteiger partial charge in [0, 0.05) is 42.2 Å². The van der Waals surface area contributed by atoms with Crippen molar-refractivity contribution in [2.75, 3.05) is 24.6 Å². The minimum Gasteiger partial charge on any atom is -0.444 e. The molecule has 0 spiro atoms. The van der Waals surface area contributed by atoms with E-state index in [0.29, 0.717) is 63.1 Å². The second-order valence-electron chi connectivity index (χ2n) is 14.2. The Morgan fingerprint density at radius 3 is 2.53 bits per heavy atom. The van der Waals surface area contributed by atoms with Gasteiger partial charge in [0.25, 0.3) is 0 Å². The van der Waals surface area contributed by atoms with Crippen molar-refractivity contribution < 1.29 is 27.4 Å². The SMILES string of the molecule is Cc1cc2c(cnn2C2CCCCO2)c(-c2nccc3c2sc2nc(=O)[nH]c(N4C[C@H]5CC[C@@H](C4)N5C(=O)OC(C)(C)C)c23)c1C(F)(F)F. The van der Waals surface area contributed by atoms with Gasteiger partial charge in [0.15, 0.2) is 6.23 Å². The number of aryl methyl sites for hydroxylation is 1. The van der Waals surface area contributed by atoms with Crippen LogP contribution < -0.4 is 10.6 Å². The van der Waals surface area contributed by atoms with Gasteiger partial charge in [0.2, 0.25) is 0 Å². The molecule has 0 saturated carbocycles. The molecule has 11 nitrogen and oxygen atoms in total. The van der Waals surface area contributed by atoms with E-state index in [4.69, 9.17) is 9.47 Å². The maximum absolute atomic E-state index is 14.9.